The second-order valence-electron chi connectivity index (χ2n) is 4.88. The first-order valence-corrected chi connectivity index (χ1v) is 8.00. The fourth-order valence-electron chi connectivity index (χ4n) is 2.35. The van der Waals surface area contributed by atoms with E-state index in [4.69, 9.17) is 0 Å². The van der Waals surface area contributed by atoms with Crippen molar-refractivity contribution in [3.63, 3.8) is 0 Å². The first kappa shape index (κ1) is 16.1. The third-order valence-electron chi connectivity index (χ3n) is 3.30. The van der Waals surface area contributed by atoms with Gasteiger partial charge in [0.05, 0.1) is 0 Å². The zero-order chi connectivity index (χ0) is 15.2. The summed E-state index contributed by atoms with van der Waals surface area (Å²) in [6.07, 6.45) is 3.17. The van der Waals surface area contributed by atoms with Crippen LogP contribution in [0.4, 0.5) is 4.39 Å². The Balaban J connectivity index is 2.26. The molecule has 114 valence electrons. The van der Waals surface area contributed by atoms with E-state index in [9.17, 15) is 4.39 Å². The molecule has 1 aromatic heterocycles. The molecule has 1 aromatic carbocycles. The van der Waals surface area contributed by atoms with Gasteiger partial charge in [0.2, 0.25) is 0 Å². The van der Waals surface area contributed by atoms with Gasteiger partial charge in [0, 0.05) is 29.0 Å². The van der Waals surface area contributed by atoms with Gasteiger partial charge in [-0.25, -0.2) is 9.37 Å². The number of hydrogen-bond acceptors (Lipinski definition) is 3. The quantitative estimate of drug-likeness (QED) is 0.827. The van der Waals surface area contributed by atoms with E-state index in [1.165, 1.54) is 6.07 Å². The number of likely N-dealkylation sites (N-methyl/N-ethyl adjacent to an activating group) is 1. The lowest BCUT2D eigenvalue weighted by Gasteiger charge is -2.19. The molecular weight excluding hydrogens is 335 g/mol. The Bertz CT molecular complexity index is 585. The highest BCUT2D eigenvalue weighted by Gasteiger charge is 2.18. The standard InChI is InChI=1S/C15H20BrFN4/c1-3-7-21-15(19-10-20-21)9-14(18-4-2)12-8-11(16)5-6-13(12)17/h5-6,8,10,14,18H,3-4,7,9H2,1-2H3. The lowest BCUT2D eigenvalue weighted by molar-refractivity contribution is 0.478. The van der Waals surface area contributed by atoms with Crippen LogP contribution in [0.3, 0.4) is 0 Å². The third-order valence-corrected chi connectivity index (χ3v) is 3.80. The van der Waals surface area contributed by atoms with Crippen molar-refractivity contribution < 1.29 is 4.39 Å². The highest BCUT2D eigenvalue weighted by atomic mass is 79.9. The molecule has 0 aliphatic heterocycles. The van der Waals surface area contributed by atoms with Crippen molar-refractivity contribution >= 4 is 15.9 Å². The maximum atomic E-state index is 14.1. The van der Waals surface area contributed by atoms with Gasteiger partial charge in [0.25, 0.3) is 0 Å². The number of aryl methyl sites for hydroxylation is 1. The molecule has 1 unspecified atom stereocenters. The number of hydrogen-bond donors (Lipinski definition) is 1. The Kier molecular flexibility index (Phi) is 5.87. The van der Waals surface area contributed by atoms with Crippen molar-refractivity contribution in [2.45, 2.75) is 39.3 Å². The Labute approximate surface area is 132 Å². The molecule has 1 heterocycles. The second-order valence-corrected chi connectivity index (χ2v) is 5.80. The predicted octanol–water partition coefficient (Wildman–Crippen LogP) is 3.48. The molecule has 0 saturated carbocycles. The van der Waals surface area contributed by atoms with Gasteiger partial charge < -0.3 is 5.32 Å². The number of rotatable bonds is 7. The molecular formula is C15H20BrFN4. The normalized spacial score (nSPS) is 12.6. The summed E-state index contributed by atoms with van der Waals surface area (Å²) in [7, 11) is 0. The fraction of sp³-hybridized carbons (Fsp3) is 0.467. The first-order chi connectivity index (χ1) is 10.2. The van der Waals surface area contributed by atoms with Gasteiger partial charge in [-0.2, -0.15) is 5.10 Å². The number of nitrogens with one attached hydrogen (secondary N) is 1. The summed E-state index contributed by atoms with van der Waals surface area (Å²) < 4.78 is 16.9. The minimum atomic E-state index is -0.203. The average Bonchev–Trinajstić information content (AvgIpc) is 2.89. The molecule has 0 saturated heterocycles. The van der Waals surface area contributed by atoms with E-state index in [0.29, 0.717) is 12.0 Å². The van der Waals surface area contributed by atoms with E-state index < -0.39 is 0 Å². The van der Waals surface area contributed by atoms with Crippen LogP contribution in [0, 0.1) is 5.82 Å². The molecule has 0 amide bonds. The summed E-state index contributed by atoms with van der Waals surface area (Å²) in [5, 5.41) is 7.56. The third kappa shape index (κ3) is 4.11. The zero-order valence-corrected chi connectivity index (χ0v) is 13.9. The minimum absolute atomic E-state index is 0.118. The van der Waals surface area contributed by atoms with Crippen LogP contribution in [0.25, 0.3) is 0 Å². The van der Waals surface area contributed by atoms with Gasteiger partial charge >= 0.3 is 0 Å². The van der Waals surface area contributed by atoms with Gasteiger partial charge in [-0.3, -0.25) is 4.68 Å². The van der Waals surface area contributed by atoms with Gasteiger partial charge in [0.15, 0.2) is 0 Å². The van der Waals surface area contributed by atoms with E-state index >= 15 is 0 Å². The molecule has 4 nitrogen and oxygen atoms in total. The van der Waals surface area contributed by atoms with E-state index in [0.717, 1.165) is 29.8 Å². The molecule has 21 heavy (non-hydrogen) atoms. The molecule has 0 fully saturated rings. The van der Waals surface area contributed by atoms with Crippen LogP contribution in [-0.4, -0.2) is 21.3 Å². The summed E-state index contributed by atoms with van der Waals surface area (Å²) >= 11 is 3.41. The smallest absolute Gasteiger partial charge is 0.138 e. The van der Waals surface area contributed by atoms with Crippen molar-refractivity contribution in [2.75, 3.05) is 6.54 Å². The molecule has 0 bridgehead atoms. The lowest BCUT2D eigenvalue weighted by atomic mass is 10.0. The number of aromatic nitrogens is 3. The van der Waals surface area contributed by atoms with E-state index in [1.54, 1.807) is 12.4 Å². The van der Waals surface area contributed by atoms with E-state index in [1.807, 2.05) is 17.7 Å². The van der Waals surface area contributed by atoms with Crippen molar-refractivity contribution in [1.82, 2.24) is 20.1 Å². The van der Waals surface area contributed by atoms with Crippen LogP contribution in [-0.2, 0) is 13.0 Å². The van der Waals surface area contributed by atoms with Gasteiger partial charge in [-0.1, -0.05) is 29.8 Å². The summed E-state index contributed by atoms with van der Waals surface area (Å²) in [5.41, 5.74) is 0.650. The summed E-state index contributed by atoms with van der Waals surface area (Å²) in [6, 6.07) is 4.90. The molecule has 2 aromatic rings. The number of nitrogens with zero attached hydrogens (tertiary/aromatic N) is 3. The molecule has 0 spiro atoms. The second kappa shape index (κ2) is 7.66. The maximum Gasteiger partial charge on any atom is 0.138 e. The van der Waals surface area contributed by atoms with Crippen molar-refractivity contribution in [3.05, 3.63) is 46.2 Å². The number of benzene rings is 1. The van der Waals surface area contributed by atoms with E-state index in [2.05, 4.69) is 38.3 Å². The zero-order valence-electron chi connectivity index (χ0n) is 12.3. The van der Waals surface area contributed by atoms with Gasteiger partial charge in [-0.05, 0) is 31.2 Å². The van der Waals surface area contributed by atoms with Crippen LogP contribution in [0.5, 0.6) is 0 Å². The van der Waals surface area contributed by atoms with Gasteiger partial charge in [0.1, 0.15) is 18.0 Å². The Morgan fingerprint density at radius 2 is 2.19 bits per heavy atom. The van der Waals surface area contributed by atoms with Crippen molar-refractivity contribution in [1.29, 1.82) is 0 Å². The maximum absolute atomic E-state index is 14.1. The average molecular weight is 355 g/mol. The predicted molar refractivity (Wildman–Crippen MR) is 84.5 cm³/mol. The molecule has 1 atom stereocenters. The lowest BCUT2D eigenvalue weighted by Crippen LogP contribution is -2.25. The Hall–Kier alpha value is -1.27. The SMILES string of the molecule is CCCn1ncnc1CC(NCC)c1cc(Br)ccc1F. The minimum Gasteiger partial charge on any atom is -0.310 e. The number of halogens is 2. The highest BCUT2D eigenvalue weighted by molar-refractivity contribution is 9.10. The fourth-order valence-corrected chi connectivity index (χ4v) is 2.73. The first-order valence-electron chi connectivity index (χ1n) is 7.20. The Morgan fingerprint density at radius 3 is 2.90 bits per heavy atom. The van der Waals surface area contributed by atoms with Crippen LogP contribution in [0.2, 0.25) is 0 Å². The molecule has 0 radical (unpaired) electrons. The molecule has 0 aliphatic carbocycles. The summed E-state index contributed by atoms with van der Waals surface area (Å²) in [5.74, 6) is 0.674. The molecule has 0 aliphatic rings. The van der Waals surface area contributed by atoms with Crippen molar-refractivity contribution in [2.24, 2.45) is 0 Å². The van der Waals surface area contributed by atoms with Crippen LogP contribution in [0.1, 0.15) is 37.7 Å². The van der Waals surface area contributed by atoms with E-state index in [-0.39, 0.29) is 11.9 Å². The van der Waals surface area contributed by atoms with Gasteiger partial charge in [-0.15, -0.1) is 0 Å². The largest absolute Gasteiger partial charge is 0.310 e. The monoisotopic (exact) mass is 354 g/mol. The summed E-state index contributed by atoms with van der Waals surface area (Å²) in [6.45, 7) is 5.70. The van der Waals surface area contributed by atoms with Crippen LogP contribution in [0.15, 0.2) is 29.0 Å². The summed E-state index contributed by atoms with van der Waals surface area (Å²) in [4.78, 5) is 4.31. The molecule has 1 N–H and O–H groups in total. The highest BCUT2D eigenvalue weighted by Crippen LogP contribution is 2.24. The molecule has 6 heteroatoms. The topological polar surface area (TPSA) is 42.7 Å². The Morgan fingerprint density at radius 1 is 1.38 bits per heavy atom. The van der Waals surface area contributed by atoms with Crippen LogP contribution < -0.4 is 5.32 Å². The van der Waals surface area contributed by atoms with Crippen LogP contribution >= 0.6 is 15.9 Å². The van der Waals surface area contributed by atoms with Crippen molar-refractivity contribution in [3.8, 4) is 0 Å². The molecule has 2 rings (SSSR count).